The zero-order chi connectivity index (χ0) is 11.0. The summed E-state index contributed by atoms with van der Waals surface area (Å²) in [6, 6.07) is 17.1. The Morgan fingerprint density at radius 2 is 1.56 bits per heavy atom. The fourth-order valence-electron chi connectivity index (χ4n) is 1.95. The number of rotatable bonds is 1. The lowest BCUT2D eigenvalue weighted by Crippen LogP contribution is -1.90. The fourth-order valence-corrected chi connectivity index (χ4v) is 1.95. The molecule has 2 nitrogen and oxygen atoms in total. The third kappa shape index (κ3) is 1.27. The van der Waals surface area contributed by atoms with E-state index in [1.807, 2.05) is 53.2 Å². The van der Waals surface area contributed by atoms with Crippen LogP contribution in [0.3, 0.4) is 0 Å². The van der Waals surface area contributed by atoms with Crippen molar-refractivity contribution in [3.63, 3.8) is 0 Å². The summed E-state index contributed by atoms with van der Waals surface area (Å²) in [5, 5.41) is 12.9. The second kappa shape index (κ2) is 3.42. The zero-order valence-corrected chi connectivity index (χ0v) is 8.63. The van der Waals surface area contributed by atoms with Crippen molar-refractivity contribution in [2.24, 2.45) is 0 Å². The van der Waals surface area contributed by atoms with E-state index in [1.165, 1.54) is 0 Å². The quantitative estimate of drug-likeness (QED) is 0.581. The highest BCUT2D eigenvalue weighted by molar-refractivity contribution is 5.82. The molecular weight excluding hydrogens is 198 g/mol. The number of benzene rings is 2. The van der Waals surface area contributed by atoms with Crippen molar-refractivity contribution in [1.82, 2.24) is 4.57 Å². The van der Waals surface area contributed by atoms with Crippen molar-refractivity contribution in [2.45, 2.75) is 0 Å². The molecule has 0 spiro atoms. The number of fused-ring (bicyclic) bond motifs is 1. The number of hydrogen-bond donors (Lipinski definition) is 0. The average molecular weight is 208 g/mol. The minimum absolute atomic E-state index is 0.0452. The van der Waals surface area contributed by atoms with Crippen LogP contribution in [0.2, 0.25) is 0 Å². The molecule has 0 aliphatic carbocycles. The van der Waals surface area contributed by atoms with Gasteiger partial charge in [-0.1, -0.05) is 30.3 Å². The first-order chi connectivity index (χ1) is 7.86. The monoisotopic (exact) mass is 208 g/mol. The van der Waals surface area contributed by atoms with Gasteiger partial charge in [0, 0.05) is 6.20 Å². The topological polar surface area (TPSA) is 24.8 Å². The normalized spacial score (nSPS) is 10.8. The average Bonchev–Trinajstić information content (AvgIpc) is 2.74. The summed E-state index contributed by atoms with van der Waals surface area (Å²) in [5.41, 5.74) is 1.76. The minimum Gasteiger partial charge on any atom is -0.313 e. The smallest absolute Gasteiger partial charge is 0.202 e. The van der Waals surface area contributed by atoms with E-state index in [0.717, 1.165) is 10.9 Å². The summed E-state index contributed by atoms with van der Waals surface area (Å²) in [6.45, 7) is 0. The van der Waals surface area contributed by atoms with Gasteiger partial charge in [0.05, 0.1) is 11.2 Å². The predicted molar refractivity (Wildman–Crippen MR) is 63.4 cm³/mol. The van der Waals surface area contributed by atoms with Crippen LogP contribution in [0.5, 0.6) is 5.75 Å². The van der Waals surface area contributed by atoms with Gasteiger partial charge in [-0.15, -0.1) is 0 Å². The molecule has 3 rings (SSSR count). The van der Waals surface area contributed by atoms with Crippen molar-refractivity contribution in [1.29, 1.82) is 0 Å². The van der Waals surface area contributed by atoms with E-state index >= 15 is 0 Å². The van der Waals surface area contributed by atoms with E-state index in [1.54, 1.807) is 12.1 Å². The number of nitrogens with zero attached hydrogens (tertiary/aromatic N) is 1. The van der Waals surface area contributed by atoms with E-state index in [4.69, 9.17) is 0 Å². The molecule has 0 N–H and O–H groups in total. The molecular formula is C14H10NO. The molecule has 0 saturated heterocycles. The molecule has 0 amide bonds. The van der Waals surface area contributed by atoms with Gasteiger partial charge in [0.1, 0.15) is 0 Å². The van der Waals surface area contributed by atoms with Gasteiger partial charge >= 0.3 is 0 Å². The van der Waals surface area contributed by atoms with E-state index in [9.17, 15) is 5.11 Å². The largest absolute Gasteiger partial charge is 0.313 e. The van der Waals surface area contributed by atoms with Gasteiger partial charge in [0.15, 0.2) is 0 Å². The van der Waals surface area contributed by atoms with Crippen molar-refractivity contribution in [3.05, 3.63) is 60.8 Å². The number of para-hydroxylation sites is 3. The first-order valence-electron chi connectivity index (χ1n) is 5.19. The Hall–Kier alpha value is -2.22. The molecule has 1 aromatic heterocycles. The van der Waals surface area contributed by atoms with Crippen LogP contribution in [-0.4, -0.2) is 4.57 Å². The first kappa shape index (κ1) is 9.04. The molecule has 0 bridgehead atoms. The molecule has 0 atom stereocenters. The Morgan fingerprint density at radius 3 is 2.44 bits per heavy atom. The fraction of sp³-hybridized carbons (Fsp3) is 0. The summed E-state index contributed by atoms with van der Waals surface area (Å²) in [7, 11) is 0. The molecule has 77 valence electrons. The highest BCUT2D eigenvalue weighted by atomic mass is 16.3. The maximum atomic E-state index is 11.7. The Bertz CT molecular complexity index is 640. The van der Waals surface area contributed by atoms with Crippen LogP contribution in [0.25, 0.3) is 16.6 Å². The van der Waals surface area contributed by atoms with Gasteiger partial charge in [-0.3, -0.25) is 5.11 Å². The summed E-state index contributed by atoms with van der Waals surface area (Å²) < 4.78 is 1.93. The Balaban J connectivity index is 2.31. The Kier molecular flexibility index (Phi) is 1.93. The summed E-state index contributed by atoms with van der Waals surface area (Å²) in [4.78, 5) is 0. The van der Waals surface area contributed by atoms with Gasteiger partial charge in [-0.05, 0) is 29.7 Å². The Morgan fingerprint density at radius 1 is 0.812 bits per heavy atom. The second-order valence-corrected chi connectivity index (χ2v) is 3.71. The highest BCUT2D eigenvalue weighted by Gasteiger charge is 2.06. The van der Waals surface area contributed by atoms with Crippen LogP contribution in [-0.2, 0) is 5.11 Å². The van der Waals surface area contributed by atoms with E-state index < -0.39 is 0 Å². The van der Waals surface area contributed by atoms with Gasteiger partial charge in [-0.25, -0.2) is 0 Å². The van der Waals surface area contributed by atoms with Crippen LogP contribution < -0.4 is 0 Å². The summed E-state index contributed by atoms with van der Waals surface area (Å²) in [5.74, 6) is 0.0452. The predicted octanol–water partition coefficient (Wildman–Crippen LogP) is 3.77. The zero-order valence-electron chi connectivity index (χ0n) is 8.63. The molecule has 0 aliphatic heterocycles. The van der Waals surface area contributed by atoms with Crippen molar-refractivity contribution in [3.8, 4) is 11.4 Å². The van der Waals surface area contributed by atoms with Crippen LogP contribution in [0, 0.1) is 0 Å². The lowest BCUT2D eigenvalue weighted by atomic mass is 10.2. The van der Waals surface area contributed by atoms with Gasteiger partial charge in [0.2, 0.25) is 5.75 Å². The van der Waals surface area contributed by atoms with E-state index in [2.05, 4.69) is 0 Å². The lowest BCUT2D eigenvalue weighted by molar-refractivity contribution is 0.353. The summed E-state index contributed by atoms with van der Waals surface area (Å²) in [6.07, 6.45) is 1.93. The van der Waals surface area contributed by atoms with Crippen LogP contribution >= 0.6 is 0 Å². The maximum absolute atomic E-state index is 11.7. The van der Waals surface area contributed by atoms with E-state index in [-0.39, 0.29) is 5.75 Å². The van der Waals surface area contributed by atoms with Gasteiger partial charge in [0.25, 0.3) is 0 Å². The number of hydrogen-bond acceptors (Lipinski definition) is 0. The molecule has 0 fully saturated rings. The lowest BCUT2D eigenvalue weighted by Gasteiger charge is -2.05. The number of aromatic nitrogens is 1. The SMILES string of the molecule is [O]c1ccccc1-n1ccc2ccccc21. The molecule has 1 radical (unpaired) electrons. The van der Waals surface area contributed by atoms with Crippen LogP contribution in [0.4, 0.5) is 0 Å². The maximum Gasteiger partial charge on any atom is 0.202 e. The molecule has 0 unspecified atom stereocenters. The van der Waals surface area contributed by atoms with Crippen molar-refractivity contribution >= 4 is 10.9 Å². The molecule has 2 aromatic carbocycles. The van der Waals surface area contributed by atoms with Crippen molar-refractivity contribution < 1.29 is 5.11 Å². The highest BCUT2D eigenvalue weighted by Crippen LogP contribution is 2.26. The molecule has 0 aliphatic rings. The molecule has 2 heteroatoms. The van der Waals surface area contributed by atoms with Crippen LogP contribution in [0.15, 0.2) is 60.8 Å². The van der Waals surface area contributed by atoms with Gasteiger partial charge in [-0.2, -0.15) is 0 Å². The molecule has 0 saturated carbocycles. The third-order valence-corrected chi connectivity index (χ3v) is 2.72. The first-order valence-corrected chi connectivity index (χ1v) is 5.19. The van der Waals surface area contributed by atoms with Crippen molar-refractivity contribution in [2.75, 3.05) is 0 Å². The van der Waals surface area contributed by atoms with E-state index in [0.29, 0.717) is 5.69 Å². The minimum atomic E-state index is 0.0452. The summed E-state index contributed by atoms with van der Waals surface area (Å²) >= 11 is 0. The molecule has 16 heavy (non-hydrogen) atoms. The molecule has 3 aromatic rings. The molecule has 1 heterocycles. The Labute approximate surface area is 93.4 Å². The van der Waals surface area contributed by atoms with Crippen LogP contribution in [0.1, 0.15) is 0 Å². The second-order valence-electron chi connectivity index (χ2n) is 3.71. The standard InChI is InChI=1S/C14H10NO/c16-14-8-4-3-7-13(14)15-10-9-11-5-1-2-6-12(11)15/h1-10H. The van der Waals surface area contributed by atoms with Gasteiger partial charge < -0.3 is 4.57 Å². The third-order valence-electron chi connectivity index (χ3n) is 2.72.